The van der Waals surface area contributed by atoms with Gasteiger partial charge in [-0.05, 0) is 44.5 Å². The van der Waals surface area contributed by atoms with Gasteiger partial charge in [-0.25, -0.2) is 0 Å². The molecule has 0 aliphatic heterocycles. The van der Waals surface area contributed by atoms with Gasteiger partial charge in [0.1, 0.15) is 0 Å². The van der Waals surface area contributed by atoms with Crippen LogP contribution in [0.4, 0.5) is 5.69 Å². The van der Waals surface area contributed by atoms with E-state index in [9.17, 15) is 14.4 Å². The summed E-state index contributed by atoms with van der Waals surface area (Å²) in [5.41, 5.74) is 5.91. The Morgan fingerprint density at radius 3 is 2.22 bits per heavy atom. The molecule has 0 fully saturated rings. The zero-order valence-corrected chi connectivity index (χ0v) is 13.7. The van der Waals surface area contributed by atoms with Gasteiger partial charge in [-0.2, -0.15) is 0 Å². The summed E-state index contributed by atoms with van der Waals surface area (Å²) in [7, 11) is 0. The Balaban J connectivity index is 2.58. The van der Waals surface area contributed by atoms with Crippen LogP contribution in [-0.4, -0.2) is 36.3 Å². The molecular weight excluding hydrogens is 296 g/mol. The van der Waals surface area contributed by atoms with Crippen molar-refractivity contribution < 1.29 is 14.4 Å². The summed E-state index contributed by atoms with van der Waals surface area (Å²) in [5.74, 6) is -0.924. The van der Waals surface area contributed by atoms with Gasteiger partial charge in [0.2, 0.25) is 11.8 Å². The van der Waals surface area contributed by atoms with Crippen LogP contribution in [0.5, 0.6) is 0 Å². The summed E-state index contributed by atoms with van der Waals surface area (Å²) in [5, 5.41) is 7.93. The zero-order chi connectivity index (χ0) is 17.5. The average Bonchev–Trinajstić information content (AvgIpc) is 2.52. The fraction of sp³-hybridized carbons (Fsp3) is 0.438. The van der Waals surface area contributed by atoms with Crippen molar-refractivity contribution >= 4 is 23.4 Å². The number of anilines is 1. The molecule has 0 atom stereocenters. The molecule has 23 heavy (non-hydrogen) atoms. The molecule has 0 spiro atoms. The van der Waals surface area contributed by atoms with E-state index in [0.29, 0.717) is 11.3 Å². The largest absolute Gasteiger partial charge is 0.347 e. The summed E-state index contributed by atoms with van der Waals surface area (Å²) in [6.45, 7) is 5.60. The molecule has 1 aromatic carbocycles. The lowest BCUT2D eigenvalue weighted by atomic mass is 10.0. The molecule has 0 saturated heterocycles. The number of amides is 3. The quantitative estimate of drug-likeness (QED) is 0.589. The van der Waals surface area contributed by atoms with Crippen molar-refractivity contribution in [3.8, 4) is 0 Å². The van der Waals surface area contributed by atoms with Gasteiger partial charge < -0.3 is 21.7 Å². The first-order valence-corrected chi connectivity index (χ1v) is 7.46. The van der Waals surface area contributed by atoms with E-state index in [4.69, 9.17) is 5.73 Å². The molecule has 0 aliphatic rings. The minimum Gasteiger partial charge on any atom is -0.347 e. The predicted octanol–water partition coefficient (Wildman–Crippen LogP) is 0.618. The fourth-order valence-corrected chi connectivity index (χ4v) is 1.63. The van der Waals surface area contributed by atoms with Crippen molar-refractivity contribution in [3.63, 3.8) is 0 Å². The number of rotatable bonds is 7. The molecule has 7 heteroatoms. The lowest BCUT2D eigenvalue weighted by molar-refractivity contribution is -0.123. The first-order valence-electron chi connectivity index (χ1n) is 7.46. The second-order valence-corrected chi connectivity index (χ2v) is 5.80. The van der Waals surface area contributed by atoms with E-state index in [-0.39, 0.29) is 30.4 Å². The van der Waals surface area contributed by atoms with Crippen molar-refractivity contribution in [2.45, 2.75) is 32.7 Å². The third-order valence-electron chi connectivity index (χ3n) is 3.40. The van der Waals surface area contributed by atoms with E-state index in [1.54, 1.807) is 24.3 Å². The van der Waals surface area contributed by atoms with Crippen LogP contribution in [0.3, 0.4) is 0 Å². The highest BCUT2D eigenvalue weighted by Crippen LogP contribution is 2.12. The number of benzene rings is 1. The van der Waals surface area contributed by atoms with Gasteiger partial charge in [-0.3, -0.25) is 14.4 Å². The monoisotopic (exact) mass is 320 g/mol. The predicted molar refractivity (Wildman–Crippen MR) is 89.0 cm³/mol. The number of nitrogens with two attached hydrogens (primary N) is 1. The lowest BCUT2D eigenvalue weighted by Crippen LogP contribution is -2.42. The van der Waals surface area contributed by atoms with Crippen LogP contribution in [0, 0.1) is 0 Å². The van der Waals surface area contributed by atoms with E-state index in [1.807, 2.05) is 20.8 Å². The number of hydrogen-bond acceptors (Lipinski definition) is 4. The minimum absolute atomic E-state index is 0.150. The van der Waals surface area contributed by atoms with E-state index in [0.717, 1.165) is 6.42 Å². The molecule has 1 aromatic rings. The van der Waals surface area contributed by atoms with Crippen molar-refractivity contribution in [2.75, 3.05) is 18.4 Å². The maximum absolute atomic E-state index is 12.1. The van der Waals surface area contributed by atoms with E-state index in [1.165, 1.54) is 0 Å². The van der Waals surface area contributed by atoms with Crippen LogP contribution in [0.15, 0.2) is 24.3 Å². The number of carbonyl (C=O) groups excluding carboxylic acids is 3. The topological polar surface area (TPSA) is 113 Å². The fourth-order valence-electron chi connectivity index (χ4n) is 1.63. The molecular formula is C16H24N4O3. The van der Waals surface area contributed by atoms with Gasteiger partial charge in [0.15, 0.2) is 0 Å². The normalized spacial score (nSPS) is 10.8. The maximum Gasteiger partial charge on any atom is 0.251 e. The SMILES string of the molecule is CCC(C)(C)NC(=O)c1ccc(NC(=O)CNC(=O)CN)cc1. The van der Waals surface area contributed by atoms with Crippen LogP contribution in [0.2, 0.25) is 0 Å². The van der Waals surface area contributed by atoms with Gasteiger partial charge in [-0.15, -0.1) is 0 Å². The van der Waals surface area contributed by atoms with E-state index < -0.39 is 5.91 Å². The second-order valence-electron chi connectivity index (χ2n) is 5.80. The summed E-state index contributed by atoms with van der Waals surface area (Å²) >= 11 is 0. The van der Waals surface area contributed by atoms with Crippen molar-refractivity contribution in [3.05, 3.63) is 29.8 Å². The molecule has 7 nitrogen and oxygen atoms in total. The van der Waals surface area contributed by atoms with Gasteiger partial charge in [0.25, 0.3) is 5.91 Å². The Hall–Kier alpha value is -2.41. The highest BCUT2D eigenvalue weighted by atomic mass is 16.2. The molecule has 3 amide bonds. The molecule has 5 N–H and O–H groups in total. The third-order valence-corrected chi connectivity index (χ3v) is 3.40. The molecule has 0 radical (unpaired) electrons. The first-order chi connectivity index (χ1) is 10.8. The zero-order valence-electron chi connectivity index (χ0n) is 13.7. The van der Waals surface area contributed by atoms with Crippen LogP contribution in [0.25, 0.3) is 0 Å². The molecule has 0 bridgehead atoms. The molecule has 0 saturated carbocycles. The maximum atomic E-state index is 12.1. The smallest absolute Gasteiger partial charge is 0.251 e. The summed E-state index contributed by atoms with van der Waals surface area (Å²) < 4.78 is 0. The van der Waals surface area contributed by atoms with Crippen molar-refractivity contribution in [1.82, 2.24) is 10.6 Å². The number of nitrogens with one attached hydrogen (secondary N) is 3. The van der Waals surface area contributed by atoms with Crippen LogP contribution >= 0.6 is 0 Å². The molecule has 0 aromatic heterocycles. The van der Waals surface area contributed by atoms with Gasteiger partial charge >= 0.3 is 0 Å². The van der Waals surface area contributed by atoms with Gasteiger partial charge in [-0.1, -0.05) is 6.92 Å². The third kappa shape index (κ3) is 6.48. The summed E-state index contributed by atoms with van der Waals surface area (Å²) in [6.07, 6.45) is 0.821. The Morgan fingerprint density at radius 2 is 1.70 bits per heavy atom. The lowest BCUT2D eigenvalue weighted by Gasteiger charge is -2.24. The summed E-state index contributed by atoms with van der Waals surface area (Å²) in [4.78, 5) is 34.7. The second kappa shape index (κ2) is 8.28. The molecule has 0 unspecified atom stereocenters. The van der Waals surface area contributed by atoms with E-state index in [2.05, 4.69) is 16.0 Å². The van der Waals surface area contributed by atoms with Gasteiger partial charge in [0, 0.05) is 16.8 Å². The Kier molecular flexibility index (Phi) is 6.71. The molecule has 0 heterocycles. The van der Waals surface area contributed by atoms with Crippen molar-refractivity contribution in [1.29, 1.82) is 0 Å². The summed E-state index contributed by atoms with van der Waals surface area (Å²) in [6, 6.07) is 6.54. The Labute approximate surface area is 136 Å². The number of carbonyl (C=O) groups is 3. The first kappa shape index (κ1) is 18.6. The Morgan fingerprint density at radius 1 is 1.09 bits per heavy atom. The van der Waals surface area contributed by atoms with Crippen LogP contribution in [0.1, 0.15) is 37.6 Å². The Bertz CT molecular complexity index is 567. The van der Waals surface area contributed by atoms with Crippen molar-refractivity contribution in [2.24, 2.45) is 5.73 Å². The van der Waals surface area contributed by atoms with Crippen LogP contribution in [-0.2, 0) is 9.59 Å². The standard InChI is InChI=1S/C16H24N4O3/c1-4-16(2,3)20-15(23)11-5-7-12(8-6-11)19-14(22)10-18-13(21)9-17/h5-8H,4,9-10,17H2,1-3H3,(H,18,21)(H,19,22)(H,20,23). The van der Waals surface area contributed by atoms with Crippen LogP contribution < -0.4 is 21.7 Å². The van der Waals surface area contributed by atoms with E-state index >= 15 is 0 Å². The average molecular weight is 320 g/mol. The molecule has 0 aliphatic carbocycles. The minimum atomic E-state index is -0.397. The molecule has 1 rings (SSSR count). The number of hydrogen-bond donors (Lipinski definition) is 4. The highest BCUT2D eigenvalue weighted by molar-refractivity contribution is 5.97. The highest BCUT2D eigenvalue weighted by Gasteiger charge is 2.18. The van der Waals surface area contributed by atoms with Gasteiger partial charge in [0.05, 0.1) is 13.1 Å². The molecule has 126 valence electrons.